The highest BCUT2D eigenvalue weighted by molar-refractivity contribution is 8.14. The van der Waals surface area contributed by atoms with E-state index in [1.54, 1.807) is 11.8 Å². The molecule has 3 N–H and O–H groups in total. The number of hydrogen-bond donors (Lipinski definition) is 2. The number of carbonyl (C=O) groups excluding carboxylic acids is 2. The van der Waals surface area contributed by atoms with E-state index < -0.39 is 12.0 Å². The van der Waals surface area contributed by atoms with Crippen molar-refractivity contribution >= 4 is 28.8 Å². The van der Waals surface area contributed by atoms with Gasteiger partial charge in [0.1, 0.15) is 0 Å². The fourth-order valence-electron chi connectivity index (χ4n) is 4.17. The van der Waals surface area contributed by atoms with Crippen molar-refractivity contribution in [1.29, 1.82) is 0 Å². The first-order chi connectivity index (χ1) is 16.6. The van der Waals surface area contributed by atoms with Crippen molar-refractivity contribution in [1.82, 2.24) is 4.90 Å². The third-order valence-electron chi connectivity index (χ3n) is 5.68. The molecular formula is C27H27N3O3S. The molecule has 0 radical (unpaired) electrons. The summed E-state index contributed by atoms with van der Waals surface area (Å²) >= 11 is 0.983. The molecule has 0 saturated heterocycles. The fraction of sp³-hybridized carbons (Fsp3) is 0.185. The maximum absolute atomic E-state index is 13.8. The highest BCUT2D eigenvalue weighted by atomic mass is 32.2. The zero-order valence-electron chi connectivity index (χ0n) is 18.9. The minimum Gasteiger partial charge on any atom is -0.463 e. The van der Waals surface area contributed by atoms with Gasteiger partial charge in [-0.3, -0.25) is 4.79 Å². The van der Waals surface area contributed by atoms with E-state index in [1.165, 1.54) is 0 Å². The maximum Gasteiger partial charge on any atom is 0.338 e. The molecule has 34 heavy (non-hydrogen) atoms. The van der Waals surface area contributed by atoms with Crippen LogP contribution < -0.4 is 10.5 Å². The molecule has 3 aromatic carbocycles. The first-order valence-electron chi connectivity index (χ1n) is 11.2. The number of amides is 1. The van der Waals surface area contributed by atoms with Gasteiger partial charge in [-0.05, 0) is 30.2 Å². The predicted molar refractivity (Wildman–Crippen MR) is 136 cm³/mol. The Labute approximate surface area is 203 Å². The van der Waals surface area contributed by atoms with Gasteiger partial charge in [-0.15, -0.1) is 0 Å². The average Bonchev–Trinajstić information content (AvgIpc) is 2.88. The van der Waals surface area contributed by atoms with Gasteiger partial charge in [0.05, 0.1) is 24.3 Å². The van der Waals surface area contributed by atoms with Gasteiger partial charge in [0, 0.05) is 29.8 Å². The summed E-state index contributed by atoms with van der Waals surface area (Å²) in [6.07, 6.45) is 0.332. The van der Waals surface area contributed by atoms with Crippen LogP contribution in [-0.4, -0.2) is 22.7 Å². The van der Waals surface area contributed by atoms with E-state index >= 15 is 0 Å². The molecule has 6 nitrogen and oxygen atoms in total. The number of rotatable bonds is 6. The van der Waals surface area contributed by atoms with Gasteiger partial charge >= 0.3 is 11.2 Å². The second-order valence-corrected chi connectivity index (χ2v) is 8.60. The van der Waals surface area contributed by atoms with Gasteiger partial charge < -0.3 is 20.1 Å². The number of benzene rings is 3. The number of nitrogens with zero attached hydrogens (tertiary/aromatic N) is 1. The van der Waals surface area contributed by atoms with Crippen LogP contribution in [0.15, 0.2) is 102 Å². The van der Waals surface area contributed by atoms with Crippen LogP contribution >= 0.6 is 11.9 Å². The van der Waals surface area contributed by atoms with Crippen molar-refractivity contribution in [2.45, 2.75) is 25.4 Å². The second kappa shape index (κ2) is 10.9. The lowest BCUT2D eigenvalue weighted by atomic mass is 9.85. The Balaban J connectivity index is 1.79. The molecule has 2 atom stereocenters. The number of hydrogen-bond acceptors (Lipinski definition) is 6. The van der Waals surface area contributed by atoms with E-state index in [4.69, 9.17) is 10.5 Å². The zero-order valence-corrected chi connectivity index (χ0v) is 19.7. The molecular weight excluding hydrogens is 446 g/mol. The lowest BCUT2D eigenvalue weighted by molar-refractivity contribution is -0.139. The summed E-state index contributed by atoms with van der Waals surface area (Å²) in [5.41, 5.74) is 9.81. The van der Waals surface area contributed by atoms with Gasteiger partial charge in [-0.2, -0.15) is 0 Å². The van der Waals surface area contributed by atoms with Gasteiger partial charge in [-0.25, -0.2) is 4.79 Å². The summed E-state index contributed by atoms with van der Waals surface area (Å²) in [7, 11) is 0. The van der Waals surface area contributed by atoms with Crippen molar-refractivity contribution < 1.29 is 14.3 Å². The summed E-state index contributed by atoms with van der Waals surface area (Å²) in [4.78, 5) is 28.6. The molecule has 1 amide bonds. The van der Waals surface area contributed by atoms with Gasteiger partial charge in [-0.1, -0.05) is 78.9 Å². The molecule has 3 aromatic rings. The second-order valence-electron chi connectivity index (χ2n) is 7.85. The molecule has 1 aliphatic rings. The van der Waals surface area contributed by atoms with Crippen LogP contribution in [0.1, 0.15) is 36.6 Å². The molecule has 4 rings (SSSR count). The molecule has 7 heteroatoms. The Morgan fingerprint density at radius 1 is 0.941 bits per heavy atom. The van der Waals surface area contributed by atoms with Crippen LogP contribution in [0.2, 0.25) is 0 Å². The summed E-state index contributed by atoms with van der Waals surface area (Å²) in [5, 5.41) is -0.221. The first kappa shape index (κ1) is 23.4. The molecule has 0 spiro atoms. The fourth-order valence-corrected chi connectivity index (χ4v) is 4.85. The molecule has 1 heterocycles. The first-order valence-corrected chi connectivity index (χ1v) is 12.0. The monoisotopic (exact) mass is 473 g/mol. The van der Waals surface area contributed by atoms with Crippen molar-refractivity contribution in [2.24, 2.45) is 5.73 Å². The average molecular weight is 474 g/mol. The van der Waals surface area contributed by atoms with Crippen LogP contribution in [0.5, 0.6) is 0 Å². The highest BCUT2D eigenvalue weighted by Gasteiger charge is 2.43. The number of carbonyl (C=O) groups is 2. The Bertz CT molecular complexity index is 1150. The molecule has 0 bridgehead atoms. The van der Waals surface area contributed by atoms with Crippen molar-refractivity contribution in [2.75, 3.05) is 11.3 Å². The van der Waals surface area contributed by atoms with Gasteiger partial charge in [0.25, 0.3) is 0 Å². The molecule has 0 aromatic heterocycles. The molecule has 2 unspecified atom stereocenters. The van der Waals surface area contributed by atoms with Crippen LogP contribution in [0.4, 0.5) is 10.5 Å². The summed E-state index contributed by atoms with van der Waals surface area (Å²) in [6.45, 7) is 1.97. The smallest absolute Gasteiger partial charge is 0.338 e. The van der Waals surface area contributed by atoms with Crippen LogP contribution in [0, 0.1) is 0 Å². The summed E-state index contributed by atoms with van der Waals surface area (Å²) < 4.78 is 8.49. The molecule has 0 aliphatic carbocycles. The van der Waals surface area contributed by atoms with Gasteiger partial charge in [0.15, 0.2) is 0 Å². The Morgan fingerprint density at radius 3 is 2.09 bits per heavy atom. The van der Waals surface area contributed by atoms with E-state index in [0.717, 1.165) is 28.8 Å². The maximum atomic E-state index is 13.8. The van der Waals surface area contributed by atoms with E-state index in [0.29, 0.717) is 17.7 Å². The number of nitrogens with two attached hydrogens (primary N) is 1. The van der Waals surface area contributed by atoms with Crippen LogP contribution in [0.25, 0.3) is 0 Å². The van der Waals surface area contributed by atoms with Crippen molar-refractivity contribution in [3.63, 3.8) is 0 Å². The number of para-hydroxylation sites is 1. The number of anilines is 1. The number of ether oxygens (including phenoxy) is 1. The predicted octanol–water partition coefficient (Wildman–Crippen LogP) is 5.83. The van der Waals surface area contributed by atoms with E-state index in [1.807, 2.05) is 91.0 Å². The Hall–Kier alpha value is -3.71. The van der Waals surface area contributed by atoms with E-state index in [-0.39, 0.29) is 17.9 Å². The van der Waals surface area contributed by atoms with E-state index in [2.05, 4.69) is 4.72 Å². The van der Waals surface area contributed by atoms with E-state index in [9.17, 15) is 9.59 Å². The minimum absolute atomic E-state index is 0.220. The largest absolute Gasteiger partial charge is 0.463 e. The lowest BCUT2D eigenvalue weighted by Crippen LogP contribution is -2.43. The number of nitrogens with one attached hydrogen (secondary N) is 1. The van der Waals surface area contributed by atoms with Crippen LogP contribution in [-0.2, 0) is 9.53 Å². The molecule has 174 valence electrons. The quantitative estimate of drug-likeness (QED) is 0.346. The topological polar surface area (TPSA) is 84.7 Å². The number of esters is 1. The highest BCUT2D eigenvalue weighted by Crippen LogP contribution is 2.45. The third-order valence-corrected chi connectivity index (χ3v) is 6.41. The molecule has 0 saturated carbocycles. The molecule has 0 fully saturated rings. The van der Waals surface area contributed by atoms with Crippen molar-refractivity contribution in [3.8, 4) is 0 Å². The van der Waals surface area contributed by atoms with Gasteiger partial charge in [0.2, 0.25) is 0 Å². The zero-order chi connectivity index (χ0) is 23.9. The Morgan fingerprint density at radius 2 is 1.50 bits per heavy atom. The summed E-state index contributed by atoms with van der Waals surface area (Å²) in [5.74, 6) is -0.501. The SMILES string of the molecule is CCOC(=O)C1=C(N)CC(c2ccccc2)N(C(=O)SNc2ccccc2)C1c1ccccc1. The minimum atomic E-state index is -0.684. The normalized spacial score (nSPS) is 17.9. The van der Waals surface area contributed by atoms with Crippen LogP contribution in [0.3, 0.4) is 0 Å². The third kappa shape index (κ3) is 5.10. The standard InChI is InChI=1S/C27H27N3O3S/c1-2-33-26(31)24-22(28)18-23(19-12-6-3-7-13-19)30(25(24)20-14-8-4-9-15-20)27(32)34-29-21-16-10-5-11-17-21/h3-17,23,25,29H,2,18,28H2,1H3. The van der Waals surface area contributed by atoms with Crippen molar-refractivity contribution in [3.05, 3.63) is 113 Å². The lowest BCUT2D eigenvalue weighted by Gasteiger charge is -2.43. The molecule has 1 aliphatic heterocycles. The summed E-state index contributed by atoms with van der Waals surface area (Å²) in [6, 6.07) is 27.7. The Kier molecular flexibility index (Phi) is 7.54.